The summed E-state index contributed by atoms with van der Waals surface area (Å²) in [6, 6.07) is 0. The maximum absolute atomic E-state index is 6.27. The molecule has 0 bridgehead atoms. The minimum atomic E-state index is -2.49. The molecule has 4 heteroatoms. The zero-order valence-electron chi connectivity index (χ0n) is 12.0. The summed E-state index contributed by atoms with van der Waals surface area (Å²) < 4.78 is 2.29. The van der Waals surface area contributed by atoms with Crippen LogP contribution in [0.25, 0.3) is 0 Å². The summed E-state index contributed by atoms with van der Waals surface area (Å²) in [5.41, 5.74) is 0. The molecule has 0 saturated heterocycles. The fourth-order valence-corrected chi connectivity index (χ4v) is 11.6. The predicted octanol–water partition coefficient (Wildman–Crippen LogP) is 7.06. The quantitative estimate of drug-likeness (QED) is 0.317. The van der Waals surface area contributed by atoms with E-state index in [0.29, 0.717) is 5.38 Å². The van der Waals surface area contributed by atoms with Crippen LogP contribution in [0.2, 0.25) is 8.87 Å². The average molecular weight is 422 g/mol. The molecule has 0 radical (unpaired) electrons. The van der Waals surface area contributed by atoms with E-state index < -0.39 is 16.1 Å². The van der Waals surface area contributed by atoms with Crippen LogP contribution in [-0.4, -0.2) is 21.5 Å². The zero-order chi connectivity index (χ0) is 13.9. The summed E-state index contributed by atoms with van der Waals surface area (Å²) in [5.74, 6) is 0. The Labute approximate surface area is 130 Å². The normalized spacial score (nSPS) is 17.2. The van der Waals surface area contributed by atoms with Gasteiger partial charge < -0.3 is 0 Å². The van der Waals surface area contributed by atoms with E-state index in [1.54, 1.807) is 0 Å². The molecule has 110 valence electrons. The number of halogens is 3. The Hall–Kier alpha value is 1.67. The largest absolute Gasteiger partial charge is 0.123 e. The Bertz CT molecular complexity index is 170. The second-order valence-corrected chi connectivity index (χ2v) is 24.7. The first-order chi connectivity index (χ1) is 8.52. The number of hydrogen-bond donors (Lipinski definition) is 0. The molecule has 0 unspecified atom stereocenters. The fraction of sp³-hybridized carbons (Fsp3) is 1.00. The van der Waals surface area contributed by atoms with E-state index in [1.807, 2.05) is 0 Å². The van der Waals surface area contributed by atoms with Crippen LogP contribution in [0.3, 0.4) is 0 Å². The van der Waals surface area contributed by atoms with Gasteiger partial charge in [-0.3, -0.25) is 0 Å². The molecular formula is C14H29Cl3Sn. The molecule has 0 aromatic carbocycles. The van der Waals surface area contributed by atoms with Crippen molar-refractivity contribution in [2.45, 2.75) is 85.9 Å². The molecule has 0 atom stereocenters. The van der Waals surface area contributed by atoms with Crippen molar-refractivity contribution in [2.24, 2.45) is 0 Å². The minimum absolute atomic E-state index is 0.508. The van der Waals surface area contributed by atoms with E-state index in [1.165, 1.54) is 57.8 Å². The first-order valence-corrected chi connectivity index (χ1v) is 19.2. The van der Waals surface area contributed by atoms with Crippen molar-refractivity contribution in [2.75, 3.05) is 0 Å². The van der Waals surface area contributed by atoms with Crippen molar-refractivity contribution in [3.05, 3.63) is 0 Å². The third-order valence-corrected chi connectivity index (χ3v) is 15.0. The van der Waals surface area contributed by atoms with Gasteiger partial charge in [0.1, 0.15) is 0 Å². The fourth-order valence-electron chi connectivity index (χ4n) is 2.05. The first-order valence-electron chi connectivity index (χ1n) is 7.53. The summed E-state index contributed by atoms with van der Waals surface area (Å²) in [6.45, 7) is 4.38. The topological polar surface area (TPSA) is 0 Å². The van der Waals surface area contributed by atoms with E-state index in [0.717, 1.165) is 8.87 Å². The van der Waals surface area contributed by atoms with Gasteiger partial charge in [0.2, 0.25) is 0 Å². The molecule has 0 heterocycles. The zero-order valence-corrected chi connectivity index (χ0v) is 17.1. The van der Waals surface area contributed by atoms with E-state index in [9.17, 15) is 0 Å². The van der Waals surface area contributed by atoms with E-state index >= 15 is 0 Å². The van der Waals surface area contributed by atoms with Gasteiger partial charge in [0.05, 0.1) is 0 Å². The van der Waals surface area contributed by atoms with Gasteiger partial charge in [-0.25, -0.2) is 0 Å². The minimum Gasteiger partial charge on any atom is -0.123 e. The second-order valence-electron chi connectivity index (χ2n) is 5.30. The second kappa shape index (κ2) is 12.4. The van der Waals surface area contributed by atoms with Crippen molar-refractivity contribution in [3.8, 4) is 0 Å². The van der Waals surface area contributed by atoms with Crippen LogP contribution in [0.5, 0.6) is 0 Å². The van der Waals surface area contributed by atoms with Gasteiger partial charge in [-0.15, -0.1) is 11.6 Å². The number of hydrogen-bond acceptors (Lipinski definition) is 0. The molecule has 18 heavy (non-hydrogen) atoms. The van der Waals surface area contributed by atoms with Crippen molar-refractivity contribution < 1.29 is 0 Å². The van der Waals surface area contributed by atoms with E-state index in [4.69, 9.17) is 29.4 Å². The van der Waals surface area contributed by atoms with Crippen LogP contribution in [0.1, 0.15) is 71.6 Å². The molecule has 0 aromatic heterocycles. The third kappa shape index (κ3) is 12.7. The molecule has 0 N–H and O–H groups in total. The third-order valence-electron chi connectivity index (χ3n) is 3.33. The van der Waals surface area contributed by atoms with Crippen LogP contribution >= 0.6 is 29.4 Å². The van der Waals surface area contributed by atoms with Crippen LogP contribution in [-0.2, 0) is 0 Å². The van der Waals surface area contributed by atoms with Gasteiger partial charge >= 0.3 is 82.4 Å². The Morgan fingerprint density at radius 1 is 0.889 bits per heavy atom. The van der Waals surface area contributed by atoms with E-state index in [2.05, 4.69) is 13.8 Å². The molecule has 0 amide bonds. The summed E-state index contributed by atoms with van der Waals surface area (Å²) >= 11 is 3.33. The maximum atomic E-state index is 6.27. The van der Waals surface area contributed by atoms with Gasteiger partial charge in [0, 0.05) is 5.38 Å². The summed E-state index contributed by atoms with van der Waals surface area (Å²) in [7, 11) is 12.5. The van der Waals surface area contributed by atoms with E-state index in [-0.39, 0.29) is 0 Å². The van der Waals surface area contributed by atoms with Crippen LogP contribution in [0, 0.1) is 0 Å². The Balaban J connectivity index is 0.000000351. The molecule has 1 saturated carbocycles. The Morgan fingerprint density at radius 3 is 1.61 bits per heavy atom. The van der Waals surface area contributed by atoms with Gasteiger partial charge in [0.15, 0.2) is 0 Å². The Morgan fingerprint density at radius 2 is 1.33 bits per heavy atom. The van der Waals surface area contributed by atoms with Gasteiger partial charge in [-0.2, -0.15) is 0 Å². The SMILES string of the molecule is CCC[CH2][Sn]([Cl])([Cl])[CH2]CCC.ClC1CCCCC1. The molecule has 0 nitrogen and oxygen atoms in total. The van der Waals surface area contributed by atoms with Crippen LogP contribution < -0.4 is 0 Å². The van der Waals surface area contributed by atoms with Gasteiger partial charge in [-0.05, 0) is 12.8 Å². The number of alkyl halides is 1. The molecule has 0 aliphatic heterocycles. The Kier molecular flexibility index (Phi) is 13.6. The van der Waals surface area contributed by atoms with Crippen molar-refractivity contribution in [1.82, 2.24) is 0 Å². The first kappa shape index (κ1) is 19.7. The van der Waals surface area contributed by atoms with Crippen molar-refractivity contribution in [3.63, 3.8) is 0 Å². The van der Waals surface area contributed by atoms with Gasteiger partial charge in [-0.1, -0.05) is 19.3 Å². The smallest absolute Gasteiger partial charge is 0.0336 e. The standard InChI is InChI=1S/C6H11Cl.2C4H9.2ClH.Sn/c7-6-4-2-1-3-5-6;2*1-3-4-2;;;/h6H,1-5H2;2*1,3-4H2,2H3;2*1H;/q;;;;;+2/p-2. The molecule has 0 aromatic rings. The summed E-state index contributed by atoms with van der Waals surface area (Å²) in [4.78, 5) is 0. The van der Waals surface area contributed by atoms with Crippen molar-refractivity contribution in [1.29, 1.82) is 0 Å². The maximum Gasteiger partial charge on any atom is 0.0336 e. The summed E-state index contributed by atoms with van der Waals surface area (Å²) in [5, 5.41) is 0.508. The molecule has 1 rings (SSSR count). The number of unbranched alkanes of at least 4 members (excludes halogenated alkanes) is 2. The molecular weight excluding hydrogens is 393 g/mol. The molecule has 0 spiro atoms. The van der Waals surface area contributed by atoms with Crippen LogP contribution in [0.4, 0.5) is 0 Å². The predicted molar refractivity (Wildman–Crippen MR) is 89.6 cm³/mol. The average Bonchev–Trinajstić information content (AvgIpc) is 2.36. The molecule has 1 fully saturated rings. The monoisotopic (exact) mass is 422 g/mol. The van der Waals surface area contributed by atoms with Gasteiger partial charge in [0.25, 0.3) is 0 Å². The molecule has 1 aliphatic rings. The number of rotatable bonds is 6. The van der Waals surface area contributed by atoms with Crippen molar-refractivity contribution >= 4 is 45.6 Å². The summed E-state index contributed by atoms with van der Waals surface area (Å²) in [6.07, 6.45) is 11.5. The van der Waals surface area contributed by atoms with Crippen LogP contribution in [0.15, 0.2) is 0 Å². The molecule has 1 aliphatic carbocycles.